The SMILES string of the molecule is CCN(CC)c1ccc(C(=O)N/N=C(\C)c2ccc3cc(OC)ccc3c2)cc1. The van der Waals surface area contributed by atoms with Crippen molar-refractivity contribution in [2.24, 2.45) is 5.10 Å². The molecule has 3 aromatic carbocycles. The molecule has 150 valence electrons. The second kappa shape index (κ2) is 9.24. The number of hydrogen-bond donors (Lipinski definition) is 1. The first-order valence-corrected chi connectivity index (χ1v) is 9.83. The van der Waals surface area contributed by atoms with E-state index < -0.39 is 0 Å². The van der Waals surface area contributed by atoms with Crippen molar-refractivity contribution < 1.29 is 9.53 Å². The van der Waals surface area contributed by atoms with Crippen LogP contribution in [0.4, 0.5) is 5.69 Å². The summed E-state index contributed by atoms with van der Waals surface area (Å²) in [7, 11) is 1.66. The van der Waals surface area contributed by atoms with Gasteiger partial charge in [0.05, 0.1) is 12.8 Å². The monoisotopic (exact) mass is 389 g/mol. The first kappa shape index (κ1) is 20.4. The number of nitrogens with one attached hydrogen (secondary N) is 1. The Morgan fingerprint density at radius 2 is 1.55 bits per heavy atom. The number of hydrazone groups is 1. The number of methoxy groups -OCH3 is 1. The molecule has 29 heavy (non-hydrogen) atoms. The second-order valence-corrected chi connectivity index (χ2v) is 6.79. The van der Waals surface area contributed by atoms with Crippen LogP contribution in [0.2, 0.25) is 0 Å². The molecule has 0 aliphatic carbocycles. The fourth-order valence-corrected chi connectivity index (χ4v) is 3.25. The van der Waals surface area contributed by atoms with Gasteiger partial charge in [0.25, 0.3) is 5.91 Å². The van der Waals surface area contributed by atoms with Crippen LogP contribution in [0.25, 0.3) is 10.8 Å². The Kier molecular flexibility index (Phi) is 6.50. The molecule has 0 aliphatic heterocycles. The lowest BCUT2D eigenvalue weighted by atomic mass is 10.0. The summed E-state index contributed by atoms with van der Waals surface area (Å²) in [5, 5.41) is 6.47. The van der Waals surface area contributed by atoms with Crippen molar-refractivity contribution in [1.29, 1.82) is 0 Å². The maximum Gasteiger partial charge on any atom is 0.271 e. The van der Waals surface area contributed by atoms with Gasteiger partial charge in [-0.3, -0.25) is 4.79 Å². The number of fused-ring (bicyclic) bond motifs is 1. The van der Waals surface area contributed by atoms with Crippen molar-refractivity contribution >= 4 is 28.1 Å². The van der Waals surface area contributed by atoms with Gasteiger partial charge in [0.15, 0.2) is 0 Å². The molecule has 0 fully saturated rings. The summed E-state index contributed by atoms with van der Waals surface area (Å²) in [5.41, 5.74) is 6.06. The van der Waals surface area contributed by atoms with Gasteiger partial charge in [0, 0.05) is 24.3 Å². The highest BCUT2D eigenvalue weighted by Crippen LogP contribution is 2.22. The molecule has 0 saturated carbocycles. The van der Waals surface area contributed by atoms with Crippen LogP contribution in [0.3, 0.4) is 0 Å². The molecule has 3 rings (SSSR count). The third-order valence-corrected chi connectivity index (χ3v) is 5.05. The highest BCUT2D eigenvalue weighted by Gasteiger charge is 2.08. The highest BCUT2D eigenvalue weighted by atomic mass is 16.5. The van der Waals surface area contributed by atoms with E-state index in [2.05, 4.69) is 35.3 Å². The first-order valence-electron chi connectivity index (χ1n) is 9.83. The van der Waals surface area contributed by atoms with Gasteiger partial charge >= 0.3 is 0 Å². The Bertz CT molecular complexity index is 1020. The van der Waals surface area contributed by atoms with E-state index in [9.17, 15) is 4.79 Å². The molecule has 0 aliphatic rings. The summed E-state index contributed by atoms with van der Waals surface area (Å²) in [6.07, 6.45) is 0. The van der Waals surface area contributed by atoms with Crippen molar-refractivity contribution in [3.8, 4) is 5.75 Å². The molecule has 0 aromatic heterocycles. The average Bonchev–Trinajstić information content (AvgIpc) is 2.77. The number of ether oxygens (including phenoxy) is 1. The van der Waals surface area contributed by atoms with E-state index in [1.165, 1.54) is 0 Å². The molecular weight excluding hydrogens is 362 g/mol. The van der Waals surface area contributed by atoms with Crippen LogP contribution >= 0.6 is 0 Å². The van der Waals surface area contributed by atoms with E-state index in [-0.39, 0.29) is 5.91 Å². The summed E-state index contributed by atoms with van der Waals surface area (Å²) >= 11 is 0. The lowest BCUT2D eigenvalue weighted by molar-refractivity contribution is 0.0955. The minimum absolute atomic E-state index is 0.221. The zero-order chi connectivity index (χ0) is 20.8. The topological polar surface area (TPSA) is 53.9 Å². The van der Waals surface area contributed by atoms with Crippen molar-refractivity contribution in [1.82, 2.24) is 5.43 Å². The predicted octanol–water partition coefficient (Wildman–Crippen LogP) is 4.85. The van der Waals surface area contributed by atoms with Crippen LogP contribution in [0.1, 0.15) is 36.7 Å². The summed E-state index contributed by atoms with van der Waals surface area (Å²) < 4.78 is 5.27. The Balaban J connectivity index is 1.71. The lowest BCUT2D eigenvalue weighted by Crippen LogP contribution is -2.22. The molecule has 0 heterocycles. The van der Waals surface area contributed by atoms with E-state index in [0.29, 0.717) is 5.56 Å². The van der Waals surface area contributed by atoms with Crippen LogP contribution in [-0.2, 0) is 0 Å². The fraction of sp³-hybridized carbons (Fsp3) is 0.250. The van der Waals surface area contributed by atoms with E-state index >= 15 is 0 Å². The molecule has 0 bridgehead atoms. The van der Waals surface area contributed by atoms with Gasteiger partial charge in [-0.15, -0.1) is 0 Å². The molecule has 0 spiro atoms. The number of benzene rings is 3. The predicted molar refractivity (Wildman–Crippen MR) is 120 cm³/mol. The molecule has 3 aromatic rings. The zero-order valence-corrected chi connectivity index (χ0v) is 17.4. The Morgan fingerprint density at radius 3 is 2.21 bits per heavy atom. The molecule has 5 heteroatoms. The van der Waals surface area contributed by atoms with Crippen molar-refractivity contribution in [2.75, 3.05) is 25.1 Å². The quantitative estimate of drug-likeness (QED) is 0.464. The van der Waals surface area contributed by atoms with Crippen molar-refractivity contribution in [3.63, 3.8) is 0 Å². The van der Waals surface area contributed by atoms with Crippen molar-refractivity contribution in [2.45, 2.75) is 20.8 Å². The molecule has 0 atom stereocenters. The van der Waals surface area contributed by atoms with Gasteiger partial charge in [-0.2, -0.15) is 5.10 Å². The Labute approximate surface area is 172 Å². The number of carbonyl (C=O) groups excluding carboxylic acids is 1. The van der Waals surface area contributed by atoms with Gasteiger partial charge in [-0.05, 0) is 79.6 Å². The molecule has 0 saturated heterocycles. The third-order valence-electron chi connectivity index (χ3n) is 5.05. The van der Waals surface area contributed by atoms with Crippen LogP contribution in [0, 0.1) is 0 Å². The first-order chi connectivity index (χ1) is 14.0. The van der Waals surface area contributed by atoms with E-state index in [4.69, 9.17) is 4.74 Å². The van der Waals surface area contributed by atoms with Crippen molar-refractivity contribution in [3.05, 3.63) is 71.8 Å². The van der Waals surface area contributed by atoms with Crippen LogP contribution in [-0.4, -0.2) is 31.8 Å². The largest absolute Gasteiger partial charge is 0.497 e. The number of carbonyl (C=O) groups is 1. The van der Waals surface area contributed by atoms with Gasteiger partial charge in [0.1, 0.15) is 5.75 Å². The highest BCUT2D eigenvalue weighted by molar-refractivity contribution is 6.03. The minimum Gasteiger partial charge on any atom is -0.497 e. The van der Waals surface area contributed by atoms with Gasteiger partial charge in [0.2, 0.25) is 0 Å². The molecule has 1 N–H and O–H groups in total. The van der Waals surface area contributed by atoms with Gasteiger partial charge in [-0.25, -0.2) is 5.43 Å². The maximum atomic E-state index is 12.4. The average molecular weight is 389 g/mol. The molecule has 5 nitrogen and oxygen atoms in total. The number of rotatable bonds is 7. The summed E-state index contributed by atoms with van der Waals surface area (Å²) in [5.74, 6) is 0.607. The van der Waals surface area contributed by atoms with Crippen LogP contribution in [0.5, 0.6) is 5.75 Å². The fourth-order valence-electron chi connectivity index (χ4n) is 3.25. The smallest absolute Gasteiger partial charge is 0.271 e. The molecule has 0 unspecified atom stereocenters. The van der Waals surface area contributed by atoms with E-state index in [1.807, 2.05) is 61.5 Å². The van der Waals surface area contributed by atoms with Gasteiger partial charge < -0.3 is 9.64 Å². The minimum atomic E-state index is -0.221. The summed E-state index contributed by atoms with van der Waals surface area (Å²) in [4.78, 5) is 14.7. The second-order valence-electron chi connectivity index (χ2n) is 6.79. The number of hydrogen-bond acceptors (Lipinski definition) is 4. The van der Waals surface area contributed by atoms with Gasteiger partial charge in [-0.1, -0.05) is 18.2 Å². The number of anilines is 1. The van der Waals surface area contributed by atoms with E-state index in [0.717, 1.165) is 46.6 Å². The normalized spacial score (nSPS) is 11.4. The van der Waals surface area contributed by atoms with Crippen LogP contribution < -0.4 is 15.1 Å². The number of nitrogens with zero attached hydrogens (tertiary/aromatic N) is 2. The summed E-state index contributed by atoms with van der Waals surface area (Å²) in [6, 6.07) is 19.6. The maximum absolute atomic E-state index is 12.4. The van der Waals surface area contributed by atoms with Crippen LogP contribution in [0.15, 0.2) is 65.8 Å². The zero-order valence-electron chi connectivity index (χ0n) is 17.4. The standard InChI is InChI=1S/C24H27N3O2/c1-5-27(6-2)22-12-9-18(10-13-22)24(28)26-25-17(3)19-7-8-21-16-23(29-4)14-11-20(21)15-19/h7-16H,5-6H2,1-4H3,(H,26,28)/b25-17+. The molecular formula is C24H27N3O2. The Morgan fingerprint density at radius 1 is 0.931 bits per heavy atom. The lowest BCUT2D eigenvalue weighted by Gasteiger charge is -2.20. The molecule has 1 amide bonds. The number of amides is 1. The third kappa shape index (κ3) is 4.74. The summed E-state index contributed by atoms with van der Waals surface area (Å²) in [6.45, 7) is 7.98. The Hall–Kier alpha value is -3.34. The molecule has 0 radical (unpaired) electrons. The van der Waals surface area contributed by atoms with E-state index in [1.54, 1.807) is 7.11 Å².